The maximum atomic E-state index is 10.7. The summed E-state index contributed by atoms with van der Waals surface area (Å²) in [4.78, 5) is 10.3. The van der Waals surface area contributed by atoms with Gasteiger partial charge in [-0.3, -0.25) is 10.1 Å². The van der Waals surface area contributed by atoms with Crippen LogP contribution in [0.2, 0.25) is 0 Å². The topological polar surface area (TPSA) is 81.2 Å². The zero-order valence-corrected chi connectivity index (χ0v) is 10.8. The highest BCUT2D eigenvalue weighted by atomic mass is 79.9. The normalized spacial score (nSPS) is 10.1. The van der Waals surface area contributed by atoms with Crippen LogP contribution in [0, 0.1) is 10.1 Å². The minimum absolute atomic E-state index is 0.0375. The Morgan fingerprint density at radius 3 is 2.61 bits per heavy atom. The first kappa shape index (κ1) is 12.4. The molecule has 0 unspecified atom stereocenters. The van der Waals surface area contributed by atoms with Crippen LogP contribution in [-0.4, -0.2) is 4.92 Å². The molecule has 0 radical (unpaired) electrons. The first-order valence-electron chi connectivity index (χ1n) is 5.13. The van der Waals surface area contributed by atoms with E-state index in [1.807, 2.05) is 24.3 Å². The van der Waals surface area contributed by atoms with E-state index in [9.17, 15) is 10.1 Å². The number of rotatable bonds is 3. The van der Waals surface area contributed by atoms with Crippen LogP contribution in [0.5, 0.6) is 0 Å². The molecule has 0 saturated heterocycles. The second-order valence-corrected chi connectivity index (χ2v) is 4.53. The van der Waals surface area contributed by atoms with E-state index in [-0.39, 0.29) is 5.69 Å². The molecule has 0 bridgehead atoms. The number of nitrogen functional groups attached to an aromatic ring is 1. The minimum Gasteiger partial charge on any atom is -0.398 e. The van der Waals surface area contributed by atoms with Gasteiger partial charge in [0, 0.05) is 28.0 Å². The molecule has 0 spiro atoms. The number of nitrogens with zero attached hydrogens (tertiary/aromatic N) is 1. The van der Waals surface area contributed by atoms with E-state index in [0.717, 1.165) is 10.2 Å². The number of nitro benzene ring substituents is 1. The average molecular weight is 308 g/mol. The van der Waals surface area contributed by atoms with Gasteiger partial charge in [-0.15, -0.1) is 0 Å². The monoisotopic (exact) mass is 307 g/mol. The fraction of sp³-hybridized carbons (Fsp3) is 0. The maximum absolute atomic E-state index is 10.7. The van der Waals surface area contributed by atoms with Crippen molar-refractivity contribution in [3.05, 3.63) is 57.1 Å². The Hall–Kier alpha value is -2.08. The van der Waals surface area contributed by atoms with Crippen molar-refractivity contribution in [3.63, 3.8) is 0 Å². The minimum atomic E-state index is -0.471. The van der Waals surface area contributed by atoms with E-state index in [0.29, 0.717) is 11.4 Å². The Balaban J connectivity index is 2.35. The fourth-order valence-electron chi connectivity index (χ4n) is 1.53. The van der Waals surface area contributed by atoms with Crippen molar-refractivity contribution in [1.29, 1.82) is 0 Å². The summed E-state index contributed by atoms with van der Waals surface area (Å²) < 4.78 is 0.870. The number of benzene rings is 2. The number of nitrogens with one attached hydrogen (secondary N) is 1. The van der Waals surface area contributed by atoms with Crippen molar-refractivity contribution in [1.82, 2.24) is 0 Å². The molecule has 0 aromatic heterocycles. The van der Waals surface area contributed by atoms with Gasteiger partial charge in [-0.1, -0.05) is 12.1 Å². The van der Waals surface area contributed by atoms with Gasteiger partial charge in [0.25, 0.3) is 5.69 Å². The summed E-state index contributed by atoms with van der Waals surface area (Å²) in [5, 5.41) is 13.8. The molecule has 0 atom stereocenters. The Labute approximate surface area is 112 Å². The van der Waals surface area contributed by atoms with Crippen molar-refractivity contribution in [2.24, 2.45) is 0 Å². The van der Waals surface area contributed by atoms with Gasteiger partial charge in [-0.2, -0.15) is 0 Å². The van der Waals surface area contributed by atoms with Gasteiger partial charge in [0.2, 0.25) is 0 Å². The molecular weight excluding hydrogens is 298 g/mol. The Morgan fingerprint density at radius 2 is 1.94 bits per heavy atom. The van der Waals surface area contributed by atoms with E-state index in [2.05, 4.69) is 21.2 Å². The zero-order chi connectivity index (χ0) is 13.1. The van der Waals surface area contributed by atoms with Crippen molar-refractivity contribution < 1.29 is 4.92 Å². The standard InChI is InChI=1S/C12H10BrN3O2/c13-11-3-1-2-4-12(11)15-9-5-8(14)6-10(7-9)16(17)18/h1-7,15H,14H2. The van der Waals surface area contributed by atoms with Crippen molar-refractivity contribution in [2.75, 3.05) is 11.1 Å². The highest BCUT2D eigenvalue weighted by Gasteiger charge is 2.09. The Morgan fingerprint density at radius 1 is 1.22 bits per heavy atom. The fourth-order valence-corrected chi connectivity index (χ4v) is 1.91. The molecule has 0 aliphatic carbocycles. The van der Waals surface area contributed by atoms with E-state index >= 15 is 0 Å². The summed E-state index contributed by atoms with van der Waals surface area (Å²) in [5.41, 5.74) is 7.34. The van der Waals surface area contributed by atoms with Crippen molar-refractivity contribution >= 4 is 38.7 Å². The number of nitrogens with two attached hydrogens (primary N) is 1. The molecule has 0 aliphatic rings. The molecule has 18 heavy (non-hydrogen) atoms. The lowest BCUT2D eigenvalue weighted by Gasteiger charge is -2.08. The highest BCUT2D eigenvalue weighted by molar-refractivity contribution is 9.10. The predicted molar refractivity (Wildman–Crippen MR) is 74.9 cm³/mol. The van der Waals surface area contributed by atoms with Crippen LogP contribution in [0.3, 0.4) is 0 Å². The molecule has 2 aromatic rings. The van der Waals surface area contributed by atoms with Crippen LogP contribution in [-0.2, 0) is 0 Å². The first-order valence-corrected chi connectivity index (χ1v) is 5.92. The summed E-state index contributed by atoms with van der Waals surface area (Å²) in [6, 6.07) is 11.9. The molecule has 0 heterocycles. The van der Waals surface area contributed by atoms with Crippen molar-refractivity contribution in [2.45, 2.75) is 0 Å². The maximum Gasteiger partial charge on any atom is 0.273 e. The SMILES string of the molecule is Nc1cc(Nc2ccccc2Br)cc([N+](=O)[O-])c1. The molecule has 2 rings (SSSR count). The summed E-state index contributed by atoms with van der Waals surface area (Å²) in [6.45, 7) is 0. The van der Waals surface area contributed by atoms with Crippen LogP contribution >= 0.6 is 15.9 Å². The van der Waals surface area contributed by atoms with Gasteiger partial charge in [-0.05, 0) is 34.1 Å². The first-order chi connectivity index (χ1) is 8.56. The zero-order valence-electron chi connectivity index (χ0n) is 9.26. The summed E-state index contributed by atoms with van der Waals surface area (Å²) in [6.07, 6.45) is 0. The number of hydrogen-bond acceptors (Lipinski definition) is 4. The highest BCUT2D eigenvalue weighted by Crippen LogP contribution is 2.28. The van der Waals surface area contributed by atoms with Gasteiger partial charge in [-0.25, -0.2) is 0 Å². The summed E-state index contributed by atoms with van der Waals surface area (Å²) in [5.74, 6) is 0. The molecule has 0 aliphatic heterocycles. The largest absolute Gasteiger partial charge is 0.398 e. The van der Waals surface area contributed by atoms with Gasteiger partial charge in [0.05, 0.1) is 10.6 Å². The molecule has 6 heteroatoms. The Kier molecular flexibility index (Phi) is 3.47. The van der Waals surface area contributed by atoms with Gasteiger partial charge in [0.15, 0.2) is 0 Å². The van der Waals surface area contributed by atoms with E-state index in [1.54, 1.807) is 6.07 Å². The third-order valence-corrected chi connectivity index (χ3v) is 3.00. The molecule has 5 nitrogen and oxygen atoms in total. The molecule has 0 saturated carbocycles. The predicted octanol–water partition coefficient (Wildman–Crippen LogP) is 3.68. The van der Waals surface area contributed by atoms with Crippen LogP contribution in [0.15, 0.2) is 46.9 Å². The van der Waals surface area contributed by atoms with Crippen LogP contribution in [0.25, 0.3) is 0 Å². The summed E-state index contributed by atoms with van der Waals surface area (Å²) >= 11 is 3.39. The second-order valence-electron chi connectivity index (χ2n) is 3.68. The van der Waals surface area contributed by atoms with E-state index < -0.39 is 4.92 Å². The lowest BCUT2D eigenvalue weighted by molar-refractivity contribution is -0.384. The number of nitro groups is 1. The quantitative estimate of drug-likeness (QED) is 0.515. The number of halogens is 1. The Bertz CT molecular complexity index is 602. The number of non-ortho nitro benzene ring substituents is 1. The van der Waals surface area contributed by atoms with Crippen LogP contribution in [0.4, 0.5) is 22.7 Å². The van der Waals surface area contributed by atoms with Gasteiger partial charge < -0.3 is 11.1 Å². The van der Waals surface area contributed by atoms with Gasteiger partial charge >= 0.3 is 0 Å². The molecule has 92 valence electrons. The molecule has 0 fully saturated rings. The number of hydrogen-bond donors (Lipinski definition) is 2. The van der Waals surface area contributed by atoms with Crippen LogP contribution in [0.1, 0.15) is 0 Å². The summed E-state index contributed by atoms with van der Waals surface area (Å²) in [7, 11) is 0. The third kappa shape index (κ3) is 2.78. The lowest BCUT2D eigenvalue weighted by Crippen LogP contribution is -1.96. The molecule has 2 aromatic carbocycles. The smallest absolute Gasteiger partial charge is 0.273 e. The van der Waals surface area contributed by atoms with E-state index in [1.165, 1.54) is 12.1 Å². The molecule has 0 amide bonds. The molecule has 3 N–H and O–H groups in total. The van der Waals surface area contributed by atoms with Crippen LogP contribution < -0.4 is 11.1 Å². The molecular formula is C12H10BrN3O2. The van der Waals surface area contributed by atoms with E-state index in [4.69, 9.17) is 5.73 Å². The van der Waals surface area contributed by atoms with Crippen molar-refractivity contribution in [3.8, 4) is 0 Å². The third-order valence-electron chi connectivity index (χ3n) is 2.30. The lowest BCUT2D eigenvalue weighted by atomic mass is 10.2. The second kappa shape index (κ2) is 5.05. The number of anilines is 3. The van der Waals surface area contributed by atoms with Gasteiger partial charge in [0.1, 0.15) is 0 Å². The number of para-hydroxylation sites is 1. The average Bonchev–Trinajstić information content (AvgIpc) is 2.31.